The highest BCUT2D eigenvalue weighted by Gasteiger charge is 2.14. The highest BCUT2D eigenvalue weighted by Crippen LogP contribution is 2.15. The van der Waals surface area contributed by atoms with Crippen LogP contribution in [0.15, 0.2) is 9.79 Å². The first kappa shape index (κ1) is 17.1. The zero-order valence-corrected chi connectivity index (χ0v) is 13.8. The molecular formula is C14H13N7O2S. The van der Waals surface area contributed by atoms with E-state index in [1.54, 1.807) is 26.0 Å². The maximum absolute atomic E-state index is 12.4. The Kier molecular flexibility index (Phi) is 4.92. The Balaban J connectivity index is 2.60. The zero-order chi connectivity index (χ0) is 17.9. The van der Waals surface area contributed by atoms with Gasteiger partial charge in [0.25, 0.3) is 5.56 Å². The Morgan fingerprint density at radius 3 is 2.50 bits per heavy atom. The van der Waals surface area contributed by atoms with Gasteiger partial charge in [0.15, 0.2) is 16.2 Å². The molecule has 0 unspecified atom stereocenters. The average molecular weight is 343 g/mol. The van der Waals surface area contributed by atoms with Gasteiger partial charge in [0, 0.05) is 19.3 Å². The van der Waals surface area contributed by atoms with Crippen molar-refractivity contribution in [3.05, 3.63) is 32.1 Å². The van der Waals surface area contributed by atoms with E-state index in [9.17, 15) is 9.90 Å². The number of aromatic nitrogens is 4. The summed E-state index contributed by atoms with van der Waals surface area (Å²) in [6.45, 7) is 4.27. The lowest BCUT2D eigenvalue weighted by atomic mass is 10.3. The van der Waals surface area contributed by atoms with E-state index in [1.807, 2.05) is 0 Å². The van der Waals surface area contributed by atoms with Crippen molar-refractivity contribution in [2.24, 2.45) is 4.99 Å². The van der Waals surface area contributed by atoms with Crippen LogP contribution in [-0.4, -0.2) is 30.4 Å². The van der Waals surface area contributed by atoms with Crippen molar-refractivity contribution in [2.75, 3.05) is 0 Å². The Morgan fingerprint density at radius 2 is 2.00 bits per heavy atom. The Hall–Kier alpha value is -3.24. The summed E-state index contributed by atoms with van der Waals surface area (Å²) in [7, 11) is 0. The highest BCUT2D eigenvalue weighted by molar-refractivity contribution is 7.71. The molecule has 0 aliphatic heterocycles. The Bertz CT molecular complexity index is 982. The number of aromatic hydroxyl groups is 1. The van der Waals surface area contributed by atoms with Crippen LogP contribution in [0.5, 0.6) is 5.88 Å². The fraction of sp³-hybridized carbons (Fsp3) is 0.286. The lowest BCUT2D eigenvalue weighted by Gasteiger charge is -2.13. The van der Waals surface area contributed by atoms with E-state index < -0.39 is 5.56 Å². The van der Waals surface area contributed by atoms with Crippen molar-refractivity contribution in [3.8, 4) is 18.0 Å². The summed E-state index contributed by atoms with van der Waals surface area (Å²) < 4.78 is 2.96. The highest BCUT2D eigenvalue weighted by atomic mass is 32.1. The van der Waals surface area contributed by atoms with Gasteiger partial charge < -0.3 is 10.1 Å². The monoisotopic (exact) mass is 343 g/mol. The molecular weight excluding hydrogens is 330 g/mol. The van der Waals surface area contributed by atoms with Crippen LogP contribution in [0.25, 0.3) is 0 Å². The molecule has 10 heteroatoms. The number of nitrogens with one attached hydrogen (secondary N) is 1. The van der Waals surface area contributed by atoms with Crippen LogP contribution in [0.2, 0.25) is 0 Å². The van der Waals surface area contributed by atoms with Gasteiger partial charge in [-0.25, -0.2) is 4.99 Å². The summed E-state index contributed by atoms with van der Waals surface area (Å²) in [4.78, 5) is 22.7. The second-order valence-corrected chi connectivity index (χ2v) is 4.94. The van der Waals surface area contributed by atoms with Crippen molar-refractivity contribution in [2.45, 2.75) is 26.9 Å². The van der Waals surface area contributed by atoms with Crippen LogP contribution >= 0.6 is 12.2 Å². The van der Waals surface area contributed by atoms with Gasteiger partial charge in [-0.1, -0.05) is 0 Å². The van der Waals surface area contributed by atoms with Crippen molar-refractivity contribution < 1.29 is 5.11 Å². The lowest BCUT2D eigenvalue weighted by Crippen LogP contribution is -2.27. The largest absolute Gasteiger partial charge is 0.494 e. The van der Waals surface area contributed by atoms with E-state index in [0.29, 0.717) is 13.1 Å². The maximum atomic E-state index is 12.4. The molecule has 2 aromatic rings. The molecule has 2 aromatic heterocycles. The van der Waals surface area contributed by atoms with Gasteiger partial charge in [-0.2, -0.15) is 15.5 Å². The van der Waals surface area contributed by atoms with Crippen LogP contribution in [0.1, 0.15) is 30.8 Å². The molecule has 0 atom stereocenters. The smallest absolute Gasteiger partial charge is 0.267 e. The van der Waals surface area contributed by atoms with E-state index in [-0.39, 0.29) is 33.6 Å². The molecule has 9 nitrogen and oxygen atoms in total. The normalized spacial score (nSPS) is 10.7. The van der Waals surface area contributed by atoms with E-state index >= 15 is 0 Å². The molecule has 2 N–H and O–H groups in total. The fourth-order valence-electron chi connectivity index (χ4n) is 2.10. The number of H-pyrrole nitrogens is 1. The predicted molar refractivity (Wildman–Crippen MR) is 87.8 cm³/mol. The van der Waals surface area contributed by atoms with Gasteiger partial charge >= 0.3 is 0 Å². The minimum atomic E-state index is -0.485. The molecule has 122 valence electrons. The molecule has 0 spiro atoms. The third-order valence-corrected chi connectivity index (χ3v) is 3.73. The third kappa shape index (κ3) is 2.83. The van der Waals surface area contributed by atoms with Crippen LogP contribution < -0.4 is 5.56 Å². The number of aliphatic imine (C=N–C) groups is 1. The Labute approximate surface area is 141 Å². The summed E-state index contributed by atoms with van der Waals surface area (Å²) in [5.74, 6) is -0.316. The molecule has 0 aliphatic carbocycles. The molecule has 0 aliphatic rings. The molecule has 0 amide bonds. The molecule has 24 heavy (non-hydrogen) atoms. The minimum Gasteiger partial charge on any atom is -0.494 e. The number of rotatable bonds is 4. The van der Waals surface area contributed by atoms with Crippen LogP contribution in [-0.2, 0) is 13.1 Å². The summed E-state index contributed by atoms with van der Waals surface area (Å²) in [6, 6.07) is 3.54. The molecule has 0 saturated carbocycles. The van der Waals surface area contributed by atoms with Crippen molar-refractivity contribution in [1.29, 1.82) is 10.5 Å². The molecule has 2 rings (SSSR count). The van der Waals surface area contributed by atoms with E-state index in [0.717, 1.165) is 6.21 Å². The minimum absolute atomic E-state index is 0.0181. The summed E-state index contributed by atoms with van der Waals surface area (Å²) in [6.07, 6.45) is 1.13. The van der Waals surface area contributed by atoms with Crippen LogP contribution in [0.3, 0.4) is 0 Å². The molecule has 0 aromatic carbocycles. The number of nitrogens with zero attached hydrogens (tertiary/aromatic N) is 6. The van der Waals surface area contributed by atoms with Gasteiger partial charge in [-0.05, 0) is 26.1 Å². The first-order valence-corrected chi connectivity index (χ1v) is 7.40. The standard InChI is InChI=1S/C14H13N7O2S/c1-3-20-11(22)8(12(23)21(4-2)14(20)24)7-17-13-18-9(5-15)10(6-16)19-13/h7,22H,3-4H2,1-2H3,(H,18,19). The molecule has 0 fully saturated rings. The predicted octanol–water partition coefficient (Wildman–Crippen LogP) is 1.34. The number of hydrogen-bond donors (Lipinski definition) is 2. The van der Waals surface area contributed by atoms with Crippen molar-refractivity contribution >= 4 is 24.4 Å². The molecule has 0 saturated heterocycles. The van der Waals surface area contributed by atoms with Gasteiger partial charge in [0.05, 0.1) is 0 Å². The van der Waals surface area contributed by atoms with E-state index in [2.05, 4.69) is 15.0 Å². The second-order valence-electron chi connectivity index (χ2n) is 4.58. The van der Waals surface area contributed by atoms with Gasteiger partial charge in [0.1, 0.15) is 17.7 Å². The summed E-state index contributed by atoms with van der Waals surface area (Å²) in [5, 5.41) is 28.0. The van der Waals surface area contributed by atoms with Crippen LogP contribution in [0.4, 0.5) is 5.95 Å². The first-order chi connectivity index (χ1) is 11.5. The molecule has 0 radical (unpaired) electrons. The molecule has 0 bridgehead atoms. The summed E-state index contributed by atoms with van der Waals surface area (Å²) >= 11 is 5.19. The maximum Gasteiger partial charge on any atom is 0.267 e. The topological polar surface area (TPSA) is 136 Å². The number of imidazole rings is 1. The van der Waals surface area contributed by atoms with Gasteiger partial charge in [0.2, 0.25) is 11.8 Å². The number of aromatic amines is 1. The van der Waals surface area contributed by atoms with E-state index in [4.69, 9.17) is 22.7 Å². The number of nitriles is 2. The third-order valence-electron chi connectivity index (χ3n) is 3.29. The van der Waals surface area contributed by atoms with Gasteiger partial charge in [-0.15, -0.1) is 0 Å². The Morgan fingerprint density at radius 1 is 1.33 bits per heavy atom. The zero-order valence-electron chi connectivity index (χ0n) is 12.9. The SMILES string of the molecule is CCn1c(O)c(C=Nc2nc(C#N)c(C#N)[nH]2)c(=O)n(CC)c1=S. The molecule has 2 heterocycles. The second kappa shape index (κ2) is 6.89. The van der Waals surface area contributed by atoms with Crippen LogP contribution in [0, 0.1) is 27.4 Å². The van der Waals surface area contributed by atoms with Gasteiger partial charge in [-0.3, -0.25) is 13.9 Å². The first-order valence-electron chi connectivity index (χ1n) is 6.99. The van der Waals surface area contributed by atoms with Crippen molar-refractivity contribution in [1.82, 2.24) is 19.1 Å². The average Bonchev–Trinajstić information content (AvgIpc) is 2.98. The summed E-state index contributed by atoms with van der Waals surface area (Å²) in [5.41, 5.74) is -0.657. The fourth-order valence-corrected chi connectivity index (χ4v) is 2.52. The van der Waals surface area contributed by atoms with Crippen molar-refractivity contribution in [3.63, 3.8) is 0 Å². The quantitative estimate of drug-likeness (QED) is 0.635. The number of hydrogen-bond acceptors (Lipinski definition) is 7. The van der Waals surface area contributed by atoms with E-state index in [1.165, 1.54) is 9.13 Å². The lowest BCUT2D eigenvalue weighted by molar-refractivity contribution is 0.399.